The molecule has 2 atom stereocenters. The molecule has 0 aromatic heterocycles. The van der Waals surface area contributed by atoms with Crippen molar-refractivity contribution in [2.24, 2.45) is 11.3 Å². The lowest BCUT2D eigenvalue weighted by Crippen LogP contribution is -2.35. The maximum absolute atomic E-state index is 12.5. The van der Waals surface area contributed by atoms with E-state index in [0.29, 0.717) is 11.3 Å². The van der Waals surface area contributed by atoms with Gasteiger partial charge in [-0.25, -0.2) is 0 Å². The van der Waals surface area contributed by atoms with Crippen molar-refractivity contribution in [3.8, 4) is 5.75 Å². The minimum atomic E-state index is 0.254. The molecule has 2 unspecified atom stereocenters. The van der Waals surface area contributed by atoms with Gasteiger partial charge in [0, 0.05) is 18.4 Å². The Morgan fingerprint density at radius 2 is 2.14 bits per heavy atom. The molecule has 2 heterocycles. The predicted molar refractivity (Wildman–Crippen MR) is 84.9 cm³/mol. The van der Waals surface area contributed by atoms with E-state index in [-0.39, 0.29) is 11.8 Å². The van der Waals surface area contributed by atoms with Gasteiger partial charge in [-0.3, -0.25) is 4.79 Å². The number of rotatable bonds is 3. The van der Waals surface area contributed by atoms with Crippen LogP contribution in [0.1, 0.15) is 37.2 Å². The molecular weight excluding hydrogens is 276 g/mol. The Labute approximate surface area is 131 Å². The fourth-order valence-corrected chi connectivity index (χ4v) is 4.17. The van der Waals surface area contributed by atoms with Crippen LogP contribution in [0.4, 0.5) is 0 Å². The summed E-state index contributed by atoms with van der Waals surface area (Å²) in [7, 11) is 0. The number of hydrogen-bond donors (Lipinski definition) is 2. The third kappa shape index (κ3) is 2.50. The van der Waals surface area contributed by atoms with Crippen molar-refractivity contribution in [1.82, 2.24) is 10.6 Å². The number of ether oxygens (including phenoxy) is 1. The van der Waals surface area contributed by atoms with Gasteiger partial charge >= 0.3 is 0 Å². The summed E-state index contributed by atoms with van der Waals surface area (Å²) in [4.78, 5) is 12.5. The molecular formula is C18H24N2O2. The van der Waals surface area contributed by atoms with Crippen LogP contribution >= 0.6 is 0 Å². The topological polar surface area (TPSA) is 50.4 Å². The first-order valence-electron chi connectivity index (χ1n) is 8.49. The largest absolute Gasteiger partial charge is 0.493 e. The van der Waals surface area contributed by atoms with Gasteiger partial charge < -0.3 is 15.4 Å². The number of carbonyl (C=O) groups is 1. The Kier molecular flexibility index (Phi) is 3.57. The van der Waals surface area contributed by atoms with Crippen molar-refractivity contribution >= 4 is 5.91 Å². The van der Waals surface area contributed by atoms with Crippen LogP contribution in [0.2, 0.25) is 0 Å². The Hall–Kier alpha value is -1.55. The van der Waals surface area contributed by atoms with Gasteiger partial charge in [0.2, 0.25) is 5.91 Å². The van der Waals surface area contributed by atoms with Gasteiger partial charge in [0.1, 0.15) is 5.75 Å². The van der Waals surface area contributed by atoms with E-state index in [9.17, 15) is 4.79 Å². The van der Waals surface area contributed by atoms with Crippen molar-refractivity contribution in [2.75, 3.05) is 26.2 Å². The van der Waals surface area contributed by atoms with E-state index in [4.69, 9.17) is 4.74 Å². The minimum Gasteiger partial charge on any atom is -0.493 e. The van der Waals surface area contributed by atoms with E-state index >= 15 is 0 Å². The van der Waals surface area contributed by atoms with Crippen molar-refractivity contribution in [1.29, 1.82) is 0 Å². The quantitative estimate of drug-likeness (QED) is 0.898. The number of hydrogen-bond acceptors (Lipinski definition) is 3. The SMILES string of the molecule is O=C(NCC1CCOc2ccccc21)C1CC12CCNCC2. The van der Waals surface area contributed by atoms with Gasteiger partial charge in [-0.1, -0.05) is 18.2 Å². The molecule has 1 amide bonds. The molecule has 4 nitrogen and oxygen atoms in total. The molecule has 4 rings (SSSR count). The highest BCUT2D eigenvalue weighted by Gasteiger charge is 2.57. The van der Waals surface area contributed by atoms with Crippen molar-refractivity contribution in [3.63, 3.8) is 0 Å². The van der Waals surface area contributed by atoms with Crippen LogP contribution < -0.4 is 15.4 Å². The van der Waals surface area contributed by atoms with E-state index in [0.717, 1.165) is 57.7 Å². The normalized spacial score (nSPS) is 28.5. The number of fused-ring (bicyclic) bond motifs is 1. The summed E-state index contributed by atoms with van der Waals surface area (Å²) < 4.78 is 5.69. The third-order valence-electron chi connectivity index (χ3n) is 5.71. The van der Waals surface area contributed by atoms with Crippen LogP contribution in [0.25, 0.3) is 0 Å². The maximum Gasteiger partial charge on any atom is 0.223 e. The first-order valence-corrected chi connectivity index (χ1v) is 8.49. The molecule has 2 fully saturated rings. The first kappa shape index (κ1) is 14.1. The van der Waals surface area contributed by atoms with Gasteiger partial charge in [-0.2, -0.15) is 0 Å². The van der Waals surface area contributed by atoms with Crippen LogP contribution in [-0.2, 0) is 4.79 Å². The third-order valence-corrected chi connectivity index (χ3v) is 5.71. The molecule has 4 heteroatoms. The van der Waals surface area contributed by atoms with Gasteiger partial charge in [-0.05, 0) is 55.8 Å². The highest BCUT2D eigenvalue weighted by atomic mass is 16.5. The van der Waals surface area contributed by atoms with Crippen molar-refractivity contribution in [3.05, 3.63) is 29.8 Å². The molecule has 1 saturated carbocycles. The van der Waals surface area contributed by atoms with Gasteiger partial charge in [-0.15, -0.1) is 0 Å². The van der Waals surface area contributed by atoms with Crippen LogP contribution in [0.5, 0.6) is 5.75 Å². The molecule has 118 valence electrons. The second-order valence-corrected chi connectivity index (χ2v) is 6.99. The molecule has 22 heavy (non-hydrogen) atoms. The molecule has 1 spiro atoms. The van der Waals surface area contributed by atoms with Crippen molar-refractivity contribution < 1.29 is 9.53 Å². The van der Waals surface area contributed by atoms with Crippen molar-refractivity contribution in [2.45, 2.75) is 31.6 Å². The van der Waals surface area contributed by atoms with E-state index in [1.54, 1.807) is 0 Å². The molecule has 1 aromatic carbocycles. The smallest absolute Gasteiger partial charge is 0.223 e. The lowest BCUT2D eigenvalue weighted by Gasteiger charge is -2.26. The predicted octanol–water partition coefficient (Wildman–Crippen LogP) is 2.06. The second kappa shape index (κ2) is 5.58. The summed E-state index contributed by atoms with van der Waals surface area (Å²) in [5, 5.41) is 6.60. The second-order valence-electron chi connectivity index (χ2n) is 6.99. The zero-order valence-electron chi connectivity index (χ0n) is 12.9. The summed E-state index contributed by atoms with van der Waals surface area (Å²) in [6.45, 7) is 3.62. The highest BCUT2D eigenvalue weighted by molar-refractivity contribution is 5.82. The van der Waals surface area contributed by atoms with E-state index in [1.807, 2.05) is 18.2 Å². The Morgan fingerprint density at radius 3 is 3.00 bits per heavy atom. The fraction of sp³-hybridized carbons (Fsp3) is 0.611. The Bertz CT molecular complexity index is 566. The van der Waals surface area contributed by atoms with Gasteiger partial charge in [0.05, 0.1) is 6.61 Å². The number of amides is 1. The molecule has 1 aromatic rings. The average Bonchev–Trinajstić information content (AvgIpc) is 3.26. The summed E-state index contributed by atoms with van der Waals surface area (Å²) in [6.07, 6.45) is 4.39. The monoisotopic (exact) mass is 300 g/mol. The minimum absolute atomic E-state index is 0.254. The number of para-hydroxylation sites is 1. The van der Waals surface area contributed by atoms with Crippen LogP contribution in [0, 0.1) is 11.3 Å². The molecule has 1 saturated heterocycles. The van der Waals surface area contributed by atoms with E-state index < -0.39 is 0 Å². The molecule has 3 aliphatic rings. The number of piperidine rings is 1. The summed E-state index contributed by atoms with van der Waals surface area (Å²) in [6, 6.07) is 8.20. The van der Waals surface area contributed by atoms with Crippen LogP contribution in [-0.4, -0.2) is 32.1 Å². The fourth-order valence-electron chi connectivity index (χ4n) is 4.17. The molecule has 1 aliphatic carbocycles. The summed E-state index contributed by atoms with van der Waals surface area (Å²) in [5.74, 6) is 1.89. The lowest BCUT2D eigenvalue weighted by atomic mass is 9.91. The Morgan fingerprint density at radius 1 is 1.32 bits per heavy atom. The van der Waals surface area contributed by atoms with Crippen LogP contribution in [0.3, 0.4) is 0 Å². The van der Waals surface area contributed by atoms with Gasteiger partial charge in [0.15, 0.2) is 0 Å². The zero-order chi connectivity index (χ0) is 15.0. The number of benzene rings is 1. The maximum atomic E-state index is 12.5. The molecule has 2 N–H and O–H groups in total. The van der Waals surface area contributed by atoms with Gasteiger partial charge in [0.25, 0.3) is 0 Å². The molecule has 0 bridgehead atoms. The number of carbonyl (C=O) groups excluding carboxylic acids is 1. The average molecular weight is 300 g/mol. The highest BCUT2D eigenvalue weighted by Crippen LogP contribution is 2.58. The standard InChI is InChI=1S/C18H24N2O2/c21-17(15-11-18(15)6-8-19-9-7-18)20-12-13-5-10-22-16-4-2-1-3-14(13)16/h1-4,13,15,19H,5-12H2,(H,20,21). The Balaban J connectivity index is 1.35. The van der Waals surface area contributed by atoms with E-state index in [2.05, 4.69) is 16.7 Å². The van der Waals surface area contributed by atoms with Crippen LogP contribution in [0.15, 0.2) is 24.3 Å². The first-order chi connectivity index (χ1) is 10.8. The summed E-state index contributed by atoms with van der Waals surface area (Å²) >= 11 is 0. The molecule has 2 aliphatic heterocycles. The number of nitrogens with one attached hydrogen (secondary N) is 2. The summed E-state index contributed by atoms with van der Waals surface area (Å²) in [5.41, 5.74) is 1.56. The van der Waals surface area contributed by atoms with E-state index in [1.165, 1.54) is 5.56 Å². The lowest BCUT2D eigenvalue weighted by molar-refractivity contribution is -0.123. The molecule has 0 radical (unpaired) electrons. The zero-order valence-corrected chi connectivity index (χ0v) is 12.9.